The van der Waals surface area contributed by atoms with Crippen LogP contribution in [-0.4, -0.2) is 39.6 Å². The number of likely N-dealkylation sites (tertiary alicyclic amines) is 1. The van der Waals surface area contributed by atoms with Crippen molar-refractivity contribution in [2.45, 2.75) is 25.3 Å². The summed E-state index contributed by atoms with van der Waals surface area (Å²) < 4.78 is 18.9. The summed E-state index contributed by atoms with van der Waals surface area (Å²) in [5, 5.41) is 7.28. The van der Waals surface area contributed by atoms with Crippen molar-refractivity contribution in [2.75, 3.05) is 13.7 Å². The first-order chi connectivity index (χ1) is 13.7. The quantitative estimate of drug-likeness (QED) is 0.735. The number of nitrogens with one attached hydrogen (secondary N) is 1. The molecule has 1 aliphatic heterocycles. The van der Waals surface area contributed by atoms with Crippen molar-refractivity contribution in [2.24, 2.45) is 0 Å². The molecule has 1 atom stereocenters. The van der Waals surface area contributed by atoms with Gasteiger partial charge in [-0.3, -0.25) is 14.9 Å². The van der Waals surface area contributed by atoms with Gasteiger partial charge in [-0.05, 0) is 48.2 Å². The number of aromatic nitrogens is 3. The molecule has 0 aliphatic carbocycles. The lowest BCUT2D eigenvalue weighted by Crippen LogP contribution is -2.32. The van der Waals surface area contributed by atoms with Crippen LogP contribution in [0.15, 0.2) is 48.9 Å². The van der Waals surface area contributed by atoms with E-state index in [-0.39, 0.29) is 24.1 Å². The van der Waals surface area contributed by atoms with Crippen LogP contribution in [-0.2, 0) is 11.2 Å². The van der Waals surface area contributed by atoms with E-state index in [2.05, 4.69) is 15.2 Å². The van der Waals surface area contributed by atoms with Gasteiger partial charge < -0.3 is 9.64 Å². The van der Waals surface area contributed by atoms with E-state index in [1.807, 2.05) is 17.0 Å². The first-order valence-electron chi connectivity index (χ1n) is 9.23. The second kappa shape index (κ2) is 7.80. The molecule has 0 bridgehead atoms. The largest absolute Gasteiger partial charge is 0.494 e. The first kappa shape index (κ1) is 18.2. The molecule has 0 spiro atoms. The minimum atomic E-state index is -0.459. The van der Waals surface area contributed by atoms with E-state index in [0.29, 0.717) is 12.1 Å². The molecular weight excluding hydrogens is 359 g/mol. The van der Waals surface area contributed by atoms with E-state index >= 15 is 0 Å². The Morgan fingerprint density at radius 2 is 2.14 bits per heavy atom. The normalized spacial score (nSPS) is 16.4. The summed E-state index contributed by atoms with van der Waals surface area (Å²) >= 11 is 0. The number of carbonyl (C=O) groups is 1. The highest BCUT2D eigenvalue weighted by Gasteiger charge is 2.32. The number of amides is 1. The smallest absolute Gasteiger partial charge is 0.227 e. The highest BCUT2D eigenvalue weighted by molar-refractivity contribution is 5.80. The van der Waals surface area contributed by atoms with Gasteiger partial charge in [-0.25, -0.2) is 4.39 Å². The lowest BCUT2D eigenvalue weighted by atomic mass is 10.0. The van der Waals surface area contributed by atoms with Gasteiger partial charge >= 0.3 is 0 Å². The van der Waals surface area contributed by atoms with Gasteiger partial charge in [0, 0.05) is 24.5 Å². The molecule has 4 rings (SSSR count). The molecule has 1 unspecified atom stereocenters. The number of methoxy groups -OCH3 is 1. The van der Waals surface area contributed by atoms with Crippen molar-refractivity contribution >= 4 is 5.91 Å². The van der Waals surface area contributed by atoms with Crippen molar-refractivity contribution < 1.29 is 13.9 Å². The maximum absolute atomic E-state index is 14.0. The van der Waals surface area contributed by atoms with Crippen LogP contribution in [0.2, 0.25) is 0 Å². The Labute approximate surface area is 162 Å². The maximum Gasteiger partial charge on any atom is 0.227 e. The van der Waals surface area contributed by atoms with E-state index < -0.39 is 5.82 Å². The highest BCUT2D eigenvalue weighted by Crippen LogP contribution is 2.36. The van der Waals surface area contributed by atoms with Crippen LogP contribution >= 0.6 is 0 Å². The molecule has 3 heterocycles. The van der Waals surface area contributed by atoms with Crippen LogP contribution < -0.4 is 4.74 Å². The molecule has 0 saturated carbocycles. The van der Waals surface area contributed by atoms with Crippen molar-refractivity contribution in [3.05, 3.63) is 66.0 Å². The van der Waals surface area contributed by atoms with E-state index in [1.54, 1.807) is 30.7 Å². The summed E-state index contributed by atoms with van der Waals surface area (Å²) in [6, 6.07) is 8.42. The van der Waals surface area contributed by atoms with Crippen LogP contribution in [0.25, 0.3) is 11.1 Å². The van der Waals surface area contributed by atoms with Crippen molar-refractivity contribution in [1.82, 2.24) is 20.1 Å². The topological polar surface area (TPSA) is 71.1 Å². The number of halogens is 1. The summed E-state index contributed by atoms with van der Waals surface area (Å²) in [6.45, 7) is 0.678. The lowest BCUT2D eigenvalue weighted by Gasteiger charge is -2.25. The molecule has 3 aromatic rings. The zero-order valence-corrected chi connectivity index (χ0v) is 15.6. The van der Waals surface area contributed by atoms with Crippen LogP contribution in [0.4, 0.5) is 4.39 Å². The molecule has 0 radical (unpaired) electrons. The third-order valence-corrected chi connectivity index (χ3v) is 5.14. The van der Waals surface area contributed by atoms with E-state index in [1.165, 1.54) is 13.2 Å². The standard InChI is InChI=1S/C21H21FN4O2/c1-28-19-5-4-14(11-17(19)22)12-20(27)26-10-2-3-18(26)21-16(13-24-25-21)15-6-8-23-9-7-15/h4-9,11,13,18H,2-3,10,12H2,1H3,(H,24,25). The van der Waals surface area contributed by atoms with Crippen molar-refractivity contribution in [3.63, 3.8) is 0 Å². The zero-order valence-electron chi connectivity index (χ0n) is 15.6. The van der Waals surface area contributed by atoms with Gasteiger partial charge in [0.05, 0.1) is 31.5 Å². The fraction of sp³-hybridized carbons (Fsp3) is 0.286. The highest BCUT2D eigenvalue weighted by atomic mass is 19.1. The van der Waals surface area contributed by atoms with Gasteiger partial charge in [-0.2, -0.15) is 5.10 Å². The molecule has 1 amide bonds. The third kappa shape index (κ3) is 3.47. The maximum atomic E-state index is 14.0. The number of rotatable bonds is 5. The summed E-state index contributed by atoms with van der Waals surface area (Å²) in [7, 11) is 1.42. The molecule has 1 N–H and O–H groups in total. The van der Waals surface area contributed by atoms with Crippen LogP contribution in [0.5, 0.6) is 5.75 Å². The van der Waals surface area contributed by atoms with Crippen LogP contribution in [0.3, 0.4) is 0 Å². The number of benzene rings is 1. The van der Waals surface area contributed by atoms with Crippen LogP contribution in [0.1, 0.15) is 30.1 Å². The summed E-state index contributed by atoms with van der Waals surface area (Å²) in [4.78, 5) is 18.9. The van der Waals surface area contributed by atoms with Crippen molar-refractivity contribution in [3.8, 4) is 16.9 Å². The van der Waals surface area contributed by atoms with E-state index in [9.17, 15) is 9.18 Å². The minimum Gasteiger partial charge on any atom is -0.494 e. The molecule has 1 saturated heterocycles. The van der Waals surface area contributed by atoms with Crippen LogP contribution in [0, 0.1) is 5.82 Å². The monoisotopic (exact) mass is 380 g/mol. The predicted molar refractivity (Wildman–Crippen MR) is 102 cm³/mol. The molecule has 1 aromatic carbocycles. The number of pyridine rings is 1. The number of hydrogen-bond acceptors (Lipinski definition) is 4. The van der Waals surface area contributed by atoms with Gasteiger partial charge in [-0.1, -0.05) is 6.07 Å². The fourth-order valence-electron chi connectivity index (χ4n) is 3.77. The summed E-state index contributed by atoms with van der Waals surface area (Å²) in [6.07, 6.45) is 7.19. The minimum absolute atomic E-state index is 0.0256. The Kier molecular flexibility index (Phi) is 5.06. The second-order valence-corrected chi connectivity index (χ2v) is 6.82. The summed E-state index contributed by atoms with van der Waals surface area (Å²) in [5.74, 6) is -0.309. The summed E-state index contributed by atoms with van der Waals surface area (Å²) in [5.41, 5.74) is 3.55. The molecular formula is C21H21FN4O2. The lowest BCUT2D eigenvalue weighted by molar-refractivity contribution is -0.131. The molecule has 1 aliphatic rings. The first-order valence-corrected chi connectivity index (χ1v) is 9.23. The predicted octanol–water partition coefficient (Wildman–Crippen LogP) is 3.53. The van der Waals surface area contributed by atoms with Gasteiger partial charge in [0.2, 0.25) is 5.91 Å². The van der Waals surface area contributed by atoms with E-state index in [0.717, 1.165) is 29.7 Å². The second-order valence-electron chi connectivity index (χ2n) is 6.82. The number of ether oxygens (including phenoxy) is 1. The zero-order chi connectivity index (χ0) is 19.5. The molecule has 28 heavy (non-hydrogen) atoms. The molecule has 144 valence electrons. The van der Waals surface area contributed by atoms with E-state index in [4.69, 9.17) is 4.74 Å². The average Bonchev–Trinajstić information content (AvgIpc) is 3.38. The SMILES string of the molecule is COc1ccc(CC(=O)N2CCCC2c2[nH]ncc2-c2ccncc2)cc1F. The fourth-order valence-corrected chi connectivity index (χ4v) is 3.77. The number of hydrogen-bond donors (Lipinski definition) is 1. The molecule has 7 heteroatoms. The Bertz CT molecular complexity index is 974. The van der Waals surface area contributed by atoms with Gasteiger partial charge in [0.1, 0.15) is 0 Å². The Morgan fingerprint density at radius 1 is 1.32 bits per heavy atom. The Hall–Kier alpha value is -3.22. The van der Waals surface area contributed by atoms with Gasteiger partial charge in [-0.15, -0.1) is 0 Å². The molecule has 6 nitrogen and oxygen atoms in total. The number of H-pyrrole nitrogens is 1. The Morgan fingerprint density at radius 3 is 2.89 bits per heavy atom. The number of carbonyl (C=O) groups excluding carboxylic acids is 1. The molecule has 1 fully saturated rings. The third-order valence-electron chi connectivity index (χ3n) is 5.14. The van der Waals surface area contributed by atoms with Gasteiger partial charge in [0.15, 0.2) is 11.6 Å². The number of aromatic amines is 1. The van der Waals surface area contributed by atoms with Crippen molar-refractivity contribution in [1.29, 1.82) is 0 Å². The van der Waals surface area contributed by atoms with Gasteiger partial charge in [0.25, 0.3) is 0 Å². The Balaban J connectivity index is 1.55. The molecule has 2 aromatic heterocycles. The number of nitrogens with zero attached hydrogens (tertiary/aromatic N) is 3. The average molecular weight is 380 g/mol.